The van der Waals surface area contributed by atoms with Gasteiger partial charge < -0.3 is 19.5 Å². The molecule has 1 fully saturated rings. The van der Waals surface area contributed by atoms with Gasteiger partial charge in [0.05, 0.1) is 18.0 Å². The minimum Gasteiger partial charge on any atom is -0.372 e. The first-order valence-electron chi connectivity index (χ1n) is 9.76. The lowest BCUT2D eigenvalue weighted by Crippen LogP contribution is -2.49. The Bertz CT molecular complexity index is 839. The zero-order chi connectivity index (χ0) is 20.3. The summed E-state index contributed by atoms with van der Waals surface area (Å²) >= 11 is 1.51. The number of aromatic nitrogens is 1. The fourth-order valence-electron chi connectivity index (χ4n) is 3.59. The summed E-state index contributed by atoms with van der Waals surface area (Å²) in [6.07, 6.45) is 2.10. The van der Waals surface area contributed by atoms with Crippen molar-refractivity contribution in [3.8, 4) is 0 Å². The van der Waals surface area contributed by atoms with Crippen LogP contribution in [-0.2, 0) is 20.9 Å². The van der Waals surface area contributed by atoms with Crippen LogP contribution in [0.4, 0.5) is 0 Å². The monoisotopic (exact) mass is 403 g/mol. The highest BCUT2D eigenvalue weighted by Crippen LogP contribution is 2.30. The maximum atomic E-state index is 12.9. The summed E-state index contributed by atoms with van der Waals surface area (Å²) in [5.41, 5.74) is 1.01. The van der Waals surface area contributed by atoms with Crippen molar-refractivity contribution in [2.24, 2.45) is 0 Å². The molecular formula is C21H29N3O3S. The van der Waals surface area contributed by atoms with Crippen molar-refractivity contribution < 1.29 is 14.3 Å². The molecular weight excluding hydrogens is 374 g/mol. The van der Waals surface area contributed by atoms with Crippen LogP contribution in [0.25, 0.3) is 10.9 Å². The van der Waals surface area contributed by atoms with Crippen molar-refractivity contribution in [1.29, 1.82) is 0 Å². The first kappa shape index (κ1) is 20.7. The van der Waals surface area contributed by atoms with Crippen molar-refractivity contribution in [3.63, 3.8) is 0 Å². The van der Waals surface area contributed by atoms with Gasteiger partial charge in [0.25, 0.3) is 0 Å². The van der Waals surface area contributed by atoms with Crippen molar-refractivity contribution in [2.45, 2.75) is 57.4 Å². The quantitative estimate of drug-likeness (QED) is 0.754. The van der Waals surface area contributed by atoms with Gasteiger partial charge in [-0.25, -0.2) is 0 Å². The number of thioether (sulfide) groups is 1. The SMILES string of the molecule is CC(C)NC(=O)CSc1cn(CC(=O)N2C[C@@H](C)O[C@H](C)C2)c2ccccc12. The molecule has 2 aromatic rings. The fourth-order valence-corrected chi connectivity index (χ4v) is 4.49. The topological polar surface area (TPSA) is 63.6 Å². The van der Waals surface area contributed by atoms with Crippen LogP contribution in [0.5, 0.6) is 0 Å². The third kappa shape index (κ3) is 5.08. The molecule has 0 aliphatic carbocycles. The molecule has 28 heavy (non-hydrogen) atoms. The Balaban J connectivity index is 1.74. The smallest absolute Gasteiger partial charge is 0.242 e. The minimum absolute atomic E-state index is 0.0178. The summed E-state index contributed by atoms with van der Waals surface area (Å²) in [6.45, 7) is 9.44. The molecule has 0 radical (unpaired) electrons. The maximum Gasteiger partial charge on any atom is 0.242 e. The Morgan fingerprint density at radius 2 is 1.89 bits per heavy atom. The summed E-state index contributed by atoms with van der Waals surface area (Å²) < 4.78 is 7.72. The van der Waals surface area contributed by atoms with Gasteiger partial charge in [-0.2, -0.15) is 0 Å². The van der Waals surface area contributed by atoms with Crippen LogP contribution in [0.3, 0.4) is 0 Å². The lowest BCUT2D eigenvalue weighted by Gasteiger charge is -2.35. The molecule has 1 aliphatic heterocycles. The van der Waals surface area contributed by atoms with E-state index in [-0.39, 0.29) is 30.1 Å². The van der Waals surface area contributed by atoms with Gasteiger partial charge in [0.15, 0.2) is 0 Å². The highest BCUT2D eigenvalue weighted by Gasteiger charge is 2.26. The van der Waals surface area contributed by atoms with E-state index in [1.165, 1.54) is 11.8 Å². The number of hydrogen-bond donors (Lipinski definition) is 1. The largest absolute Gasteiger partial charge is 0.372 e. The first-order valence-corrected chi connectivity index (χ1v) is 10.7. The van der Waals surface area contributed by atoms with E-state index in [9.17, 15) is 9.59 Å². The number of nitrogens with one attached hydrogen (secondary N) is 1. The third-order valence-corrected chi connectivity index (χ3v) is 5.68. The lowest BCUT2D eigenvalue weighted by atomic mass is 10.2. The van der Waals surface area contributed by atoms with Gasteiger partial charge in [-0.3, -0.25) is 9.59 Å². The summed E-state index contributed by atoms with van der Waals surface area (Å²) in [6, 6.07) is 8.15. The van der Waals surface area contributed by atoms with Gasteiger partial charge in [-0.15, -0.1) is 11.8 Å². The Morgan fingerprint density at radius 3 is 2.57 bits per heavy atom. The zero-order valence-corrected chi connectivity index (χ0v) is 17.8. The first-order chi connectivity index (χ1) is 13.3. The van der Waals surface area contributed by atoms with Crippen LogP contribution in [0.1, 0.15) is 27.7 Å². The highest BCUT2D eigenvalue weighted by atomic mass is 32.2. The number of rotatable bonds is 6. The Labute approximate surface area is 170 Å². The van der Waals surface area contributed by atoms with E-state index in [4.69, 9.17) is 4.74 Å². The number of fused-ring (bicyclic) bond motifs is 1. The predicted octanol–water partition coefficient (Wildman–Crippen LogP) is 2.89. The highest BCUT2D eigenvalue weighted by molar-refractivity contribution is 8.00. The Hall–Kier alpha value is -1.99. The molecule has 1 N–H and O–H groups in total. The number of carbonyl (C=O) groups is 2. The molecule has 1 aromatic heterocycles. The number of ether oxygens (including phenoxy) is 1. The third-order valence-electron chi connectivity index (χ3n) is 4.64. The lowest BCUT2D eigenvalue weighted by molar-refractivity contribution is -0.143. The number of benzene rings is 1. The van der Waals surface area contributed by atoms with E-state index in [2.05, 4.69) is 5.32 Å². The zero-order valence-electron chi connectivity index (χ0n) is 17.0. The standard InChI is InChI=1S/C21H29N3O3S/c1-14(2)22-20(25)13-28-19-11-23(18-8-6-5-7-17(18)19)12-21(26)24-9-15(3)27-16(4)10-24/h5-8,11,14-16H,9-10,12-13H2,1-4H3,(H,22,25)/t15-,16-/m1/s1. The predicted molar refractivity (Wildman–Crippen MR) is 113 cm³/mol. The van der Waals surface area contributed by atoms with E-state index in [1.54, 1.807) is 0 Å². The summed E-state index contributed by atoms with van der Waals surface area (Å²) in [5.74, 6) is 0.472. The molecule has 0 spiro atoms. The van der Waals surface area contributed by atoms with Gasteiger partial charge in [0.1, 0.15) is 6.54 Å². The van der Waals surface area contributed by atoms with Crippen LogP contribution in [-0.4, -0.2) is 58.4 Å². The van der Waals surface area contributed by atoms with Gasteiger partial charge in [0, 0.05) is 41.1 Å². The average Bonchev–Trinajstić information content (AvgIpc) is 2.96. The van der Waals surface area contributed by atoms with Crippen LogP contribution in [0.2, 0.25) is 0 Å². The number of hydrogen-bond acceptors (Lipinski definition) is 4. The van der Waals surface area contributed by atoms with Crippen LogP contribution in [0, 0.1) is 0 Å². The molecule has 0 bridgehead atoms. The van der Waals surface area contributed by atoms with E-state index in [1.807, 2.05) is 67.6 Å². The minimum atomic E-state index is 0.0178. The number of nitrogens with zero attached hydrogens (tertiary/aromatic N) is 2. The molecule has 0 unspecified atom stereocenters. The summed E-state index contributed by atoms with van der Waals surface area (Å²) in [7, 11) is 0. The average molecular weight is 404 g/mol. The summed E-state index contributed by atoms with van der Waals surface area (Å²) in [5, 5.41) is 3.98. The van der Waals surface area contributed by atoms with Crippen LogP contribution < -0.4 is 5.32 Å². The molecule has 3 rings (SSSR count). The Kier molecular flexibility index (Phi) is 6.67. The maximum absolute atomic E-state index is 12.9. The molecule has 2 atom stereocenters. The van der Waals surface area contributed by atoms with E-state index >= 15 is 0 Å². The molecule has 1 aromatic carbocycles. The van der Waals surface area contributed by atoms with Crippen LogP contribution in [0.15, 0.2) is 35.4 Å². The Morgan fingerprint density at radius 1 is 1.21 bits per heavy atom. The van der Waals surface area contributed by atoms with Crippen molar-refractivity contribution in [3.05, 3.63) is 30.5 Å². The van der Waals surface area contributed by atoms with Crippen LogP contribution >= 0.6 is 11.8 Å². The molecule has 6 nitrogen and oxygen atoms in total. The molecule has 0 saturated carbocycles. The van der Waals surface area contributed by atoms with Crippen molar-refractivity contribution in [2.75, 3.05) is 18.8 Å². The number of para-hydroxylation sites is 1. The second kappa shape index (κ2) is 9.01. The molecule has 2 heterocycles. The number of morpholine rings is 1. The molecule has 7 heteroatoms. The number of carbonyl (C=O) groups excluding carboxylic acids is 2. The second-order valence-electron chi connectivity index (χ2n) is 7.71. The fraction of sp³-hybridized carbons (Fsp3) is 0.524. The van der Waals surface area contributed by atoms with Gasteiger partial charge in [-0.05, 0) is 33.8 Å². The number of amides is 2. The molecule has 152 valence electrons. The molecule has 2 amide bonds. The van der Waals surface area contributed by atoms with Gasteiger partial charge >= 0.3 is 0 Å². The molecule has 1 aliphatic rings. The molecule has 1 saturated heterocycles. The van der Waals surface area contributed by atoms with Gasteiger partial charge in [-0.1, -0.05) is 18.2 Å². The second-order valence-corrected chi connectivity index (χ2v) is 8.72. The van der Waals surface area contributed by atoms with E-state index in [0.29, 0.717) is 25.4 Å². The van der Waals surface area contributed by atoms with Crippen molar-refractivity contribution in [1.82, 2.24) is 14.8 Å². The summed E-state index contributed by atoms with van der Waals surface area (Å²) in [4.78, 5) is 27.8. The van der Waals surface area contributed by atoms with E-state index in [0.717, 1.165) is 15.8 Å². The van der Waals surface area contributed by atoms with Gasteiger partial charge in [0.2, 0.25) is 11.8 Å². The van der Waals surface area contributed by atoms with Crippen molar-refractivity contribution >= 4 is 34.5 Å². The normalized spacial score (nSPS) is 20.0. The van der Waals surface area contributed by atoms with E-state index < -0.39 is 0 Å².